The molecule has 6 nitrogen and oxygen atoms in total. The second-order valence-corrected chi connectivity index (χ2v) is 7.37. The molecule has 0 aliphatic carbocycles. The van der Waals surface area contributed by atoms with Gasteiger partial charge in [-0.05, 0) is 41.6 Å². The van der Waals surface area contributed by atoms with Crippen molar-refractivity contribution in [2.45, 2.75) is 26.0 Å². The zero-order valence-corrected chi connectivity index (χ0v) is 17.0. The van der Waals surface area contributed by atoms with Gasteiger partial charge >= 0.3 is 6.61 Å². The molecular weight excluding hydrogens is 418 g/mol. The molecule has 4 rings (SSSR count). The molecule has 1 N–H and O–H groups in total. The van der Waals surface area contributed by atoms with E-state index in [1.54, 1.807) is 36.4 Å². The van der Waals surface area contributed by atoms with Crippen LogP contribution in [0.25, 0.3) is 10.8 Å². The number of imide groups is 1. The number of halogens is 2. The van der Waals surface area contributed by atoms with Gasteiger partial charge in [-0.25, -0.2) is 0 Å². The average Bonchev–Trinajstić information content (AvgIpc) is 2.78. The lowest BCUT2D eigenvalue weighted by Crippen LogP contribution is -2.41. The van der Waals surface area contributed by atoms with Crippen molar-refractivity contribution in [3.63, 3.8) is 0 Å². The van der Waals surface area contributed by atoms with Crippen molar-refractivity contribution in [1.29, 1.82) is 0 Å². The predicted molar refractivity (Wildman–Crippen MR) is 113 cm³/mol. The number of carbonyl (C=O) groups is 3. The molecule has 0 aromatic heterocycles. The fourth-order valence-corrected chi connectivity index (χ4v) is 3.76. The van der Waals surface area contributed by atoms with Crippen LogP contribution >= 0.6 is 0 Å². The summed E-state index contributed by atoms with van der Waals surface area (Å²) in [5, 5.41) is 4.25. The quantitative estimate of drug-likeness (QED) is 0.537. The number of hydrogen-bond acceptors (Lipinski definition) is 4. The highest BCUT2D eigenvalue weighted by Gasteiger charge is 2.32. The summed E-state index contributed by atoms with van der Waals surface area (Å²) >= 11 is 0. The topological polar surface area (TPSA) is 75.7 Å². The minimum atomic E-state index is -2.89. The van der Waals surface area contributed by atoms with E-state index in [1.807, 2.05) is 12.1 Å². The maximum absolute atomic E-state index is 12.8. The fraction of sp³-hybridized carbons (Fsp3) is 0.208. The van der Waals surface area contributed by atoms with Gasteiger partial charge < -0.3 is 10.1 Å². The second-order valence-electron chi connectivity index (χ2n) is 7.37. The Labute approximate surface area is 182 Å². The van der Waals surface area contributed by atoms with Crippen LogP contribution in [-0.4, -0.2) is 35.8 Å². The van der Waals surface area contributed by atoms with Crippen LogP contribution in [0.3, 0.4) is 0 Å². The van der Waals surface area contributed by atoms with Gasteiger partial charge in [-0.15, -0.1) is 0 Å². The SMILES string of the molecule is O=C(CCCN1C(=O)c2cccc3cccc(c23)C1=O)NCc1ccc(OC(F)F)cc1. The number of benzene rings is 3. The van der Waals surface area contributed by atoms with E-state index in [0.29, 0.717) is 22.9 Å². The lowest BCUT2D eigenvalue weighted by molar-refractivity contribution is -0.121. The molecular formula is C24H20F2N2O4. The number of ether oxygens (including phenoxy) is 1. The molecule has 1 aliphatic rings. The Hall–Kier alpha value is -3.81. The molecule has 0 unspecified atom stereocenters. The van der Waals surface area contributed by atoms with Crippen LogP contribution in [0.5, 0.6) is 5.75 Å². The van der Waals surface area contributed by atoms with Gasteiger partial charge in [-0.2, -0.15) is 8.78 Å². The zero-order chi connectivity index (χ0) is 22.7. The summed E-state index contributed by atoms with van der Waals surface area (Å²) in [5.74, 6) is -0.905. The van der Waals surface area contributed by atoms with Gasteiger partial charge in [-0.3, -0.25) is 19.3 Å². The van der Waals surface area contributed by atoms with Gasteiger partial charge in [-0.1, -0.05) is 36.4 Å². The molecule has 164 valence electrons. The van der Waals surface area contributed by atoms with Gasteiger partial charge in [0.1, 0.15) is 5.75 Å². The van der Waals surface area contributed by atoms with E-state index in [-0.39, 0.29) is 43.0 Å². The largest absolute Gasteiger partial charge is 0.435 e. The summed E-state index contributed by atoms with van der Waals surface area (Å²) in [6, 6.07) is 16.7. The Morgan fingerprint density at radius 3 is 2.16 bits per heavy atom. The number of carbonyl (C=O) groups excluding carboxylic acids is 3. The Morgan fingerprint density at radius 2 is 1.56 bits per heavy atom. The van der Waals surface area contributed by atoms with Crippen molar-refractivity contribution < 1.29 is 27.9 Å². The van der Waals surface area contributed by atoms with Gasteiger partial charge in [0.2, 0.25) is 5.91 Å². The van der Waals surface area contributed by atoms with Gasteiger partial charge in [0, 0.05) is 36.0 Å². The fourth-order valence-electron chi connectivity index (χ4n) is 3.76. The Morgan fingerprint density at radius 1 is 0.938 bits per heavy atom. The minimum Gasteiger partial charge on any atom is -0.435 e. The number of hydrogen-bond donors (Lipinski definition) is 1. The third kappa shape index (κ3) is 4.44. The Balaban J connectivity index is 1.30. The summed E-state index contributed by atoms with van der Waals surface area (Å²) in [4.78, 5) is 39.0. The smallest absolute Gasteiger partial charge is 0.387 e. The Kier molecular flexibility index (Phi) is 6.11. The number of nitrogens with zero attached hydrogens (tertiary/aromatic N) is 1. The molecule has 0 radical (unpaired) electrons. The molecule has 32 heavy (non-hydrogen) atoms. The van der Waals surface area contributed by atoms with E-state index in [0.717, 1.165) is 10.9 Å². The standard InChI is InChI=1S/C24H20F2N2O4/c25-24(26)32-17-11-9-15(10-12-17)14-27-20(29)8-3-13-28-22(30)18-6-1-4-16-5-2-7-19(21(16)18)23(28)31/h1-2,4-7,9-12,24H,3,8,13-14H2,(H,27,29). The van der Waals surface area contributed by atoms with Crippen molar-refractivity contribution in [3.05, 3.63) is 77.4 Å². The van der Waals surface area contributed by atoms with E-state index in [1.165, 1.54) is 17.0 Å². The summed E-state index contributed by atoms with van der Waals surface area (Å²) in [5.41, 5.74) is 1.70. The first-order chi connectivity index (χ1) is 15.4. The Bertz CT molecular complexity index is 1130. The van der Waals surface area contributed by atoms with Crippen LogP contribution in [0.15, 0.2) is 60.7 Å². The molecule has 1 aliphatic heterocycles. The number of amides is 3. The van der Waals surface area contributed by atoms with Crippen LogP contribution in [-0.2, 0) is 11.3 Å². The maximum Gasteiger partial charge on any atom is 0.387 e. The third-order valence-electron chi connectivity index (χ3n) is 5.28. The molecule has 0 fully saturated rings. The first-order valence-electron chi connectivity index (χ1n) is 10.1. The van der Waals surface area contributed by atoms with Crippen molar-refractivity contribution in [3.8, 4) is 5.75 Å². The van der Waals surface area contributed by atoms with Crippen LogP contribution in [0, 0.1) is 0 Å². The third-order valence-corrected chi connectivity index (χ3v) is 5.28. The summed E-state index contributed by atoms with van der Waals surface area (Å²) < 4.78 is 28.6. The van der Waals surface area contributed by atoms with Gasteiger partial charge in [0.25, 0.3) is 11.8 Å². The molecule has 3 aromatic rings. The molecule has 8 heteroatoms. The predicted octanol–water partition coefficient (Wildman–Crippen LogP) is 4.13. The van der Waals surface area contributed by atoms with E-state index < -0.39 is 6.61 Å². The second kappa shape index (κ2) is 9.13. The van der Waals surface area contributed by atoms with Crippen molar-refractivity contribution in [1.82, 2.24) is 10.2 Å². The molecule has 0 spiro atoms. The zero-order valence-electron chi connectivity index (χ0n) is 17.0. The highest BCUT2D eigenvalue weighted by Crippen LogP contribution is 2.30. The van der Waals surface area contributed by atoms with Crippen LogP contribution < -0.4 is 10.1 Å². The minimum absolute atomic E-state index is 0.0446. The first-order valence-corrected chi connectivity index (χ1v) is 10.1. The van der Waals surface area contributed by atoms with Gasteiger partial charge in [0.15, 0.2) is 0 Å². The molecule has 3 aromatic carbocycles. The number of rotatable bonds is 8. The molecule has 0 saturated carbocycles. The van der Waals surface area contributed by atoms with Crippen LogP contribution in [0.2, 0.25) is 0 Å². The lowest BCUT2D eigenvalue weighted by atomic mass is 9.94. The summed E-state index contributed by atoms with van der Waals surface area (Å²) in [6.45, 7) is -2.53. The van der Waals surface area contributed by atoms with E-state index in [9.17, 15) is 23.2 Å². The summed E-state index contributed by atoms with van der Waals surface area (Å²) in [6.07, 6.45) is 0.456. The van der Waals surface area contributed by atoms with E-state index >= 15 is 0 Å². The van der Waals surface area contributed by atoms with Crippen molar-refractivity contribution in [2.75, 3.05) is 6.54 Å². The normalized spacial score (nSPS) is 13.0. The molecule has 3 amide bonds. The first kappa shape index (κ1) is 21.4. The van der Waals surface area contributed by atoms with E-state index in [4.69, 9.17) is 0 Å². The van der Waals surface area contributed by atoms with Crippen molar-refractivity contribution in [2.24, 2.45) is 0 Å². The maximum atomic E-state index is 12.8. The monoisotopic (exact) mass is 438 g/mol. The number of nitrogens with one attached hydrogen (secondary N) is 1. The summed E-state index contributed by atoms with van der Waals surface area (Å²) in [7, 11) is 0. The van der Waals surface area contributed by atoms with Gasteiger partial charge in [0.05, 0.1) is 0 Å². The number of alkyl halides is 2. The average molecular weight is 438 g/mol. The molecule has 0 saturated heterocycles. The lowest BCUT2D eigenvalue weighted by Gasteiger charge is -2.27. The highest BCUT2D eigenvalue weighted by molar-refractivity contribution is 6.25. The molecule has 0 atom stereocenters. The van der Waals surface area contributed by atoms with Crippen LogP contribution in [0.1, 0.15) is 39.1 Å². The van der Waals surface area contributed by atoms with Crippen molar-refractivity contribution >= 4 is 28.5 Å². The van der Waals surface area contributed by atoms with Crippen LogP contribution in [0.4, 0.5) is 8.78 Å². The molecule has 1 heterocycles. The van der Waals surface area contributed by atoms with E-state index in [2.05, 4.69) is 10.1 Å². The highest BCUT2D eigenvalue weighted by atomic mass is 19.3. The molecule has 0 bridgehead atoms.